The summed E-state index contributed by atoms with van der Waals surface area (Å²) in [6, 6.07) is 5.57. The van der Waals surface area contributed by atoms with E-state index in [1.165, 1.54) is 24.3 Å². The Morgan fingerprint density at radius 1 is 1.33 bits per heavy atom. The summed E-state index contributed by atoms with van der Waals surface area (Å²) in [5.41, 5.74) is 0.383. The summed E-state index contributed by atoms with van der Waals surface area (Å²) in [6.07, 6.45) is 0. The molecule has 0 bridgehead atoms. The SMILES string of the molecule is O=S(=O)=Nc1cccc(CS(=O)(=O)O)c1. The van der Waals surface area contributed by atoms with Crippen molar-refractivity contribution in [3.05, 3.63) is 29.8 Å². The minimum Gasteiger partial charge on any atom is -0.285 e. The first-order chi connectivity index (χ1) is 6.87. The summed E-state index contributed by atoms with van der Waals surface area (Å²) in [5.74, 6) is -0.568. The van der Waals surface area contributed by atoms with E-state index >= 15 is 0 Å². The average molecular weight is 249 g/mol. The lowest BCUT2D eigenvalue weighted by Gasteiger charge is -1.98. The summed E-state index contributed by atoms with van der Waals surface area (Å²) in [7, 11) is -6.70. The van der Waals surface area contributed by atoms with Crippen LogP contribution >= 0.6 is 0 Å². The Balaban J connectivity index is 3.09. The quantitative estimate of drug-likeness (QED) is 0.797. The highest BCUT2D eigenvalue weighted by Gasteiger charge is 2.06. The largest absolute Gasteiger partial charge is 0.316 e. The number of hydrogen-bond acceptors (Lipinski definition) is 5. The van der Waals surface area contributed by atoms with Crippen molar-refractivity contribution >= 4 is 26.3 Å². The third-order valence-electron chi connectivity index (χ3n) is 1.44. The minimum atomic E-state index is -4.12. The van der Waals surface area contributed by atoms with Gasteiger partial charge in [0.05, 0.1) is 5.69 Å². The topological polar surface area (TPSA) is 101 Å². The van der Waals surface area contributed by atoms with Gasteiger partial charge in [0.2, 0.25) is 0 Å². The van der Waals surface area contributed by atoms with Gasteiger partial charge in [-0.25, -0.2) is 0 Å². The Morgan fingerprint density at radius 2 is 2.00 bits per heavy atom. The van der Waals surface area contributed by atoms with Crippen LogP contribution in [0.2, 0.25) is 0 Å². The zero-order valence-electron chi connectivity index (χ0n) is 7.36. The Hall–Kier alpha value is -1.25. The van der Waals surface area contributed by atoms with Gasteiger partial charge >= 0.3 is 10.5 Å². The monoisotopic (exact) mass is 249 g/mol. The Bertz CT molecular complexity index is 580. The molecule has 0 aliphatic carbocycles. The fourth-order valence-corrected chi connectivity index (χ4v) is 1.89. The lowest BCUT2D eigenvalue weighted by atomic mass is 10.2. The van der Waals surface area contributed by atoms with Gasteiger partial charge in [-0.05, 0) is 17.7 Å². The molecule has 0 radical (unpaired) electrons. The highest BCUT2D eigenvalue weighted by molar-refractivity contribution is 7.85. The molecule has 0 atom stereocenters. The highest BCUT2D eigenvalue weighted by atomic mass is 32.2. The molecular weight excluding hydrogens is 242 g/mol. The van der Waals surface area contributed by atoms with E-state index in [9.17, 15) is 16.8 Å². The molecule has 8 heteroatoms. The van der Waals surface area contributed by atoms with Gasteiger partial charge < -0.3 is 0 Å². The van der Waals surface area contributed by atoms with Crippen LogP contribution in [0.15, 0.2) is 28.6 Å². The van der Waals surface area contributed by atoms with Crippen LogP contribution in [-0.4, -0.2) is 21.4 Å². The number of rotatable bonds is 3. The van der Waals surface area contributed by atoms with Gasteiger partial charge in [0.25, 0.3) is 10.1 Å². The van der Waals surface area contributed by atoms with Crippen molar-refractivity contribution in [3.8, 4) is 0 Å². The predicted octanol–water partition coefficient (Wildman–Crippen LogP) is 0.769. The molecule has 0 aliphatic heterocycles. The van der Waals surface area contributed by atoms with Crippen LogP contribution in [0.25, 0.3) is 0 Å². The van der Waals surface area contributed by atoms with Crippen molar-refractivity contribution in [2.45, 2.75) is 5.75 Å². The second-order valence-electron chi connectivity index (χ2n) is 2.70. The predicted molar refractivity (Wildman–Crippen MR) is 52.7 cm³/mol. The first-order valence-corrected chi connectivity index (χ1v) is 6.36. The summed E-state index contributed by atoms with van der Waals surface area (Å²) < 4.78 is 53.3. The summed E-state index contributed by atoms with van der Waals surface area (Å²) in [6.45, 7) is 0. The molecule has 1 aromatic rings. The Morgan fingerprint density at radius 3 is 2.53 bits per heavy atom. The third-order valence-corrected chi connectivity index (χ3v) is 2.50. The Kier molecular flexibility index (Phi) is 3.56. The normalized spacial score (nSPS) is 11.0. The first kappa shape index (κ1) is 11.8. The summed E-state index contributed by atoms with van der Waals surface area (Å²) >= 11 is 0. The van der Waals surface area contributed by atoms with E-state index in [4.69, 9.17) is 4.55 Å². The Labute approximate surface area is 88.0 Å². The van der Waals surface area contributed by atoms with E-state index < -0.39 is 26.4 Å². The van der Waals surface area contributed by atoms with E-state index in [-0.39, 0.29) is 11.3 Å². The van der Waals surface area contributed by atoms with Crippen molar-refractivity contribution in [3.63, 3.8) is 0 Å². The van der Waals surface area contributed by atoms with Gasteiger partial charge in [0.1, 0.15) is 5.75 Å². The van der Waals surface area contributed by atoms with E-state index in [1.54, 1.807) is 0 Å². The van der Waals surface area contributed by atoms with Crippen LogP contribution < -0.4 is 0 Å². The molecule has 82 valence electrons. The van der Waals surface area contributed by atoms with Crippen molar-refractivity contribution in [2.75, 3.05) is 0 Å². The van der Waals surface area contributed by atoms with Gasteiger partial charge in [-0.1, -0.05) is 12.1 Å². The smallest absolute Gasteiger partial charge is 0.285 e. The molecule has 0 saturated carbocycles. The maximum absolute atomic E-state index is 10.5. The zero-order valence-corrected chi connectivity index (χ0v) is 8.99. The molecule has 15 heavy (non-hydrogen) atoms. The lowest BCUT2D eigenvalue weighted by Crippen LogP contribution is -2.00. The molecule has 1 aromatic carbocycles. The zero-order chi connectivity index (χ0) is 11.5. The van der Waals surface area contributed by atoms with E-state index in [0.717, 1.165) is 0 Å². The van der Waals surface area contributed by atoms with Crippen molar-refractivity contribution in [1.82, 2.24) is 0 Å². The molecule has 0 amide bonds. The average Bonchev–Trinajstić information content (AvgIpc) is 1.99. The molecular formula is C7H7NO5S2. The summed E-state index contributed by atoms with van der Waals surface area (Å²) in [5, 5.41) is 0. The van der Waals surface area contributed by atoms with Crippen LogP contribution in [0.1, 0.15) is 5.56 Å². The van der Waals surface area contributed by atoms with E-state index in [2.05, 4.69) is 4.36 Å². The van der Waals surface area contributed by atoms with Gasteiger partial charge in [0.15, 0.2) is 0 Å². The molecule has 0 unspecified atom stereocenters. The molecule has 0 aromatic heterocycles. The van der Waals surface area contributed by atoms with Crippen molar-refractivity contribution in [2.24, 2.45) is 4.36 Å². The molecule has 6 nitrogen and oxygen atoms in total. The van der Waals surface area contributed by atoms with Gasteiger partial charge in [-0.3, -0.25) is 4.55 Å². The standard InChI is InChI=1S/C7H7NO5S2/c9-14(10)8-7-3-1-2-6(4-7)5-15(11,12)13/h1-4H,5H2,(H,11,12,13). The van der Waals surface area contributed by atoms with Crippen molar-refractivity contribution < 1.29 is 21.4 Å². The maximum Gasteiger partial charge on any atom is 0.316 e. The molecule has 0 aliphatic rings. The van der Waals surface area contributed by atoms with E-state index in [0.29, 0.717) is 0 Å². The van der Waals surface area contributed by atoms with Crippen LogP contribution in [0.4, 0.5) is 5.69 Å². The summed E-state index contributed by atoms with van der Waals surface area (Å²) in [4.78, 5) is 0. The molecule has 1 rings (SSSR count). The van der Waals surface area contributed by atoms with Crippen LogP contribution in [-0.2, 0) is 26.4 Å². The fourth-order valence-electron chi connectivity index (χ4n) is 1.000. The molecule has 0 saturated heterocycles. The lowest BCUT2D eigenvalue weighted by molar-refractivity contribution is 0.482. The fraction of sp³-hybridized carbons (Fsp3) is 0.143. The maximum atomic E-state index is 10.5. The second kappa shape index (κ2) is 4.51. The van der Waals surface area contributed by atoms with Crippen LogP contribution in [0, 0.1) is 0 Å². The number of nitrogens with zero attached hydrogens (tertiary/aromatic N) is 1. The molecule has 1 N–H and O–H groups in total. The number of benzene rings is 1. The van der Waals surface area contributed by atoms with Crippen LogP contribution in [0.5, 0.6) is 0 Å². The van der Waals surface area contributed by atoms with Crippen molar-refractivity contribution in [1.29, 1.82) is 0 Å². The highest BCUT2D eigenvalue weighted by Crippen LogP contribution is 2.15. The van der Waals surface area contributed by atoms with E-state index in [1.807, 2.05) is 0 Å². The molecule has 0 fully saturated rings. The van der Waals surface area contributed by atoms with Crippen LogP contribution in [0.3, 0.4) is 0 Å². The third kappa shape index (κ3) is 4.68. The second-order valence-corrected chi connectivity index (χ2v) is 4.77. The van der Waals surface area contributed by atoms with Gasteiger partial charge in [-0.15, -0.1) is 4.36 Å². The van der Waals surface area contributed by atoms with Gasteiger partial charge in [-0.2, -0.15) is 16.8 Å². The first-order valence-electron chi connectivity index (χ1n) is 3.72. The number of hydrogen-bond donors (Lipinski definition) is 1. The van der Waals surface area contributed by atoms with Gasteiger partial charge in [0, 0.05) is 0 Å². The molecule has 0 heterocycles. The minimum absolute atomic E-state index is 0.115. The molecule has 0 spiro atoms.